The van der Waals surface area contributed by atoms with Crippen molar-refractivity contribution in [3.8, 4) is 0 Å². The van der Waals surface area contributed by atoms with Crippen LogP contribution in [0.1, 0.15) is 5.56 Å². The summed E-state index contributed by atoms with van der Waals surface area (Å²) in [6.45, 7) is -0.393. The van der Waals surface area contributed by atoms with Gasteiger partial charge in [0.15, 0.2) is 0 Å². The number of rotatable bonds is 6. The Balaban J connectivity index is 1.65. The molecule has 1 amide bonds. The quantitative estimate of drug-likeness (QED) is 0.511. The fraction of sp³-hybridized carbons (Fsp3) is 0.100. The molecule has 0 aromatic heterocycles. The van der Waals surface area contributed by atoms with Crippen molar-refractivity contribution in [1.29, 1.82) is 0 Å². The van der Waals surface area contributed by atoms with Crippen LogP contribution in [0.15, 0.2) is 76.7 Å². The summed E-state index contributed by atoms with van der Waals surface area (Å²) in [6.07, 6.45) is 1.34. The van der Waals surface area contributed by atoms with Crippen LogP contribution in [-0.2, 0) is 14.8 Å². The van der Waals surface area contributed by atoms with Crippen LogP contribution in [0, 0.1) is 5.82 Å². The minimum absolute atomic E-state index is 0.108. The summed E-state index contributed by atoms with van der Waals surface area (Å²) in [6, 6.07) is 17.8. The summed E-state index contributed by atoms with van der Waals surface area (Å²) in [5.41, 5.74) is 2.86. The largest absolute Gasteiger partial charge is 0.272 e. The normalized spacial score (nSPS) is 12.0. The predicted molar refractivity (Wildman–Crippen MR) is 106 cm³/mol. The Morgan fingerprint density at radius 3 is 2.46 bits per heavy atom. The average Bonchev–Trinajstić information content (AvgIpc) is 2.69. The highest BCUT2D eigenvalue weighted by Crippen LogP contribution is 2.21. The number of hydrogen-bond donors (Lipinski definition) is 1. The van der Waals surface area contributed by atoms with Gasteiger partial charge in [-0.05, 0) is 40.6 Å². The summed E-state index contributed by atoms with van der Waals surface area (Å²) in [7, 11) is -2.50. The van der Waals surface area contributed by atoms with Gasteiger partial charge in [-0.15, -0.1) is 0 Å². The van der Waals surface area contributed by atoms with Gasteiger partial charge in [0.05, 0.1) is 17.7 Å². The van der Waals surface area contributed by atoms with Crippen LogP contribution in [0.3, 0.4) is 0 Å². The van der Waals surface area contributed by atoms with Gasteiger partial charge in [-0.2, -0.15) is 9.41 Å². The number of carbonyl (C=O) groups is 1. The second-order valence-corrected chi connectivity index (χ2v) is 8.16. The van der Waals surface area contributed by atoms with E-state index in [-0.39, 0.29) is 10.7 Å². The minimum atomic E-state index is -3.83. The third kappa shape index (κ3) is 4.59. The van der Waals surface area contributed by atoms with Gasteiger partial charge in [-0.3, -0.25) is 4.79 Å². The molecule has 0 aliphatic rings. The van der Waals surface area contributed by atoms with Gasteiger partial charge >= 0.3 is 0 Å². The Kier molecular flexibility index (Phi) is 5.81. The van der Waals surface area contributed by atoms with Crippen LogP contribution in [0.5, 0.6) is 0 Å². The fourth-order valence-electron chi connectivity index (χ4n) is 2.56. The van der Waals surface area contributed by atoms with Crippen molar-refractivity contribution in [2.24, 2.45) is 5.10 Å². The van der Waals surface area contributed by atoms with Gasteiger partial charge in [0.1, 0.15) is 5.82 Å². The maximum absolute atomic E-state index is 12.8. The highest BCUT2D eigenvalue weighted by molar-refractivity contribution is 7.89. The molecule has 1 N–H and O–H groups in total. The Hall–Kier alpha value is -3.10. The fourth-order valence-corrected chi connectivity index (χ4v) is 3.72. The number of hydrazone groups is 1. The van der Waals surface area contributed by atoms with Crippen molar-refractivity contribution in [2.75, 3.05) is 13.6 Å². The standard InChI is InChI=1S/C20H18FN3O3S/c1-24(14-20(25)23-22-13-15-6-9-18(21)10-7-15)28(26,27)19-11-8-16-4-2-3-5-17(16)12-19/h2-13H,14H2,1H3,(H,23,25)/b22-13-. The molecule has 6 nitrogen and oxygen atoms in total. The Bertz CT molecular complexity index is 1130. The van der Waals surface area contributed by atoms with Crippen LogP contribution in [0.2, 0.25) is 0 Å². The van der Waals surface area contributed by atoms with Crippen LogP contribution in [-0.4, -0.2) is 38.4 Å². The smallest absolute Gasteiger partial charge is 0.255 e. The molecule has 0 bridgehead atoms. The van der Waals surface area contributed by atoms with Gasteiger partial charge in [0.2, 0.25) is 10.0 Å². The first-order valence-corrected chi connectivity index (χ1v) is 9.83. The SMILES string of the molecule is CN(CC(=O)N/N=C\c1ccc(F)cc1)S(=O)(=O)c1ccc2ccccc2c1. The highest BCUT2D eigenvalue weighted by Gasteiger charge is 2.23. The molecule has 0 saturated heterocycles. The van der Waals surface area contributed by atoms with Crippen LogP contribution in [0.4, 0.5) is 4.39 Å². The van der Waals surface area contributed by atoms with E-state index < -0.39 is 22.5 Å². The number of likely N-dealkylation sites (N-methyl/N-ethyl adjacent to an activating group) is 1. The number of benzene rings is 3. The second-order valence-electron chi connectivity index (χ2n) is 6.11. The van der Waals surface area contributed by atoms with Crippen LogP contribution >= 0.6 is 0 Å². The molecule has 3 aromatic carbocycles. The Morgan fingerprint density at radius 2 is 1.75 bits per heavy atom. The molecule has 0 heterocycles. The Labute approximate surface area is 162 Å². The lowest BCUT2D eigenvalue weighted by molar-refractivity contribution is -0.121. The molecule has 0 aliphatic carbocycles. The zero-order valence-electron chi connectivity index (χ0n) is 15.0. The molecule has 0 fully saturated rings. The third-order valence-electron chi connectivity index (χ3n) is 4.07. The summed E-state index contributed by atoms with van der Waals surface area (Å²) >= 11 is 0. The van der Waals surface area contributed by atoms with E-state index >= 15 is 0 Å². The van der Waals surface area contributed by atoms with Crippen molar-refractivity contribution in [3.63, 3.8) is 0 Å². The second kappa shape index (κ2) is 8.28. The Morgan fingerprint density at radius 1 is 1.07 bits per heavy atom. The van der Waals surface area contributed by atoms with E-state index in [1.807, 2.05) is 24.3 Å². The first-order valence-electron chi connectivity index (χ1n) is 8.39. The zero-order valence-corrected chi connectivity index (χ0v) is 15.9. The van der Waals surface area contributed by atoms with Crippen molar-refractivity contribution in [2.45, 2.75) is 4.90 Å². The molecule has 0 spiro atoms. The molecule has 3 aromatic rings. The number of amides is 1. The van der Waals surface area contributed by atoms with Gasteiger partial charge in [-0.25, -0.2) is 18.2 Å². The molecule has 8 heteroatoms. The minimum Gasteiger partial charge on any atom is -0.272 e. The number of fused-ring (bicyclic) bond motifs is 1. The van der Waals surface area contributed by atoms with E-state index in [4.69, 9.17) is 0 Å². The van der Waals surface area contributed by atoms with E-state index in [1.165, 1.54) is 43.6 Å². The van der Waals surface area contributed by atoms with Crippen molar-refractivity contribution >= 4 is 32.9 Å². The van der Waals surface area contributed by atoms with Crippen LogP contribution < -0.4 is 5.43 Å². The first kappa shape index (κ1) is 19.7. The molecule has 0 unspecified atom stereocenters. The summed E-state index contributed by atoms with van der Waals surface area (Å²) in [5.74, 6) is -0.966. The average molecular weight is 399 g/mol. The van der Waals surface area contributed by atoms with Crippen LogP contribution in [0.25, 0.3) is 10.8 Å². The van der Waals surface area contributed by atoms with Crippen molar-refractivity contribution in [1.82, 2.24) is 9.73 Å². The lowest BCUT2D eigenvalue weighted by Crippen LogP contribution is -2.36. The number of hydrogen-bond acceptors (Lipinski definition) is 4. The molecule has 28 heavy (non-hydrogen) atoms. The summed E-state index contributed by atoms with van der Waals surface area (Å²) in [4.78, 5) is 12.1. The highest BCUT2D eigenvalue weighted by atomic mass is 32.2. The molecular formula is C20H18FN3O3S. The number of halogens is 1. The van der Waals surface area contributed by atoms with E-state index in [9.17, 15) is 17.6 Å². The van der Waals surface area contributed by atoms with E-state index in [2.05, 4.69) is 10.5 Å². The monoisotopic (exact) mass is 399 g/mol. The molecule has 3 rings (SSSR count). The lowest BCUT2D eigenvalue weighted by Gasteiger charge is -2.16. The molecule has 0 aliphatic heterocycles. The predicted octanol–water partition coefficient (Wildman–Crippen LogP) is 2.75. The number of nitrogens with zero attached hydrogens (tertiary/aromatic N) is 2. The van der Waals surface area contributed by atoms with Gasteiger partial charge in [-0.1, -0.05) is 42.5 Å². The third-order valence-corrected chi connectivity index (χ3v) is 5.87. The van der Waals surface area contributed by atoms with Gasteiger partial charge in [0.25, 0.3) is 5.91 Å². The molecular weight excluding hydrogens is 381 g/mol. The van der Waals surface area contributed by atoms with E-state index in [0.29, 0.717) is 5.56 Å². The number of carbonyl (C=O) groups excluding carboxylic acids is 1. The molecule has 0 saturated carbocycles. The van der Waals surface area contributed by atoms with E-state index in [0.717, 1.165) is 15.1 Å². The van der Waals surface area contributed by atoms with Crippen molar-refractivity contribution < 1.29 is 17.6 Å². The molecule has 144 valence electrons. The first-order chi connectivity index (χ1) is 13.4. The maximum Gasteiger partial charge on any atom is 0.255 e. The lowest BCUT2D eigenvalue weighted by atomic mass is 10.1. The number of sulfonamides is 1. The maximum atomic E-state index is 12.8. The van der Waals surface area contributed by atoms with Gasteiger partial charge < -0.3 is 0 Å². The van der Waals surface area contributed by atoms with Gasteiger partial charge in [0, 0.05) is 7.05 Å². The summed E-state index contributed by atoms with van der Waals surface area (Å²) in [5, 5.41) is 5.48. The van der Waals surface area contributed by atoms with Crippen molar-refractivity contribution in [3.05, 3.63) is 78.1 Å². The topological polar surface area (TPSA) is 78.8 Å². The zero-order chi connectivity index (χ0) is 20.1. The number of nitrogens with one attached hydrogen (secondary N) is 1. The van der Waals surface area contributed by atoms with E-state index in [1.54, 1.807) is 12.1 Å². The summed E-state index contributed by atoms with van der Waals surface area (Å²) < 4.78 is 39.2. The molecule has 0 radical (unpaired) electrons. The molecule has 0 atom stereocenters.